The molecule has 0 bridgehead atoms. The van der Waals surface area contributed by atoms with Crippen LogP contribution >= 0.6 is 0 Å². The molecule has 0 N–H and O–H groups in total. The summed E-state index contributed by atoms with van der Waals surface area (Å²) < 4.78 is 0. The molecule has 1 fully saturated rings. The summed E-state index contributed by atoms with van der Waals surface area (Å²) in [5, 5.41) is 0. The minimum absolute atomic E-state index is 0.257. The smallest absolute Gasteiger partial charge is 0.223 e. The molecule has 0 aliphatic carbocycles. The van der Waals surface area contributed by atoms with E-state index in [-0.39, 0.29) is 6.04 Å². The third-order valence-electron chi connectivity index (χ3n) is 3.64. The van der Waals surface area contributed by atoms with Gasteiger partial charge < -0.3 is 4.90 Å². The number of rotatable bonds is 5. The highest BCUT2D eigenvalue weighted by atomic mass is 16.2. The summed E-state index contributed by atoms with van der Waals surface area (Å²) in [4.78, 5) is 18.4. The van der Waals surface area contributed by atoms with Gasteiger partial charge in [0.05, 0.1) is 6.04 Å². The van der Waals surface area contributed by atoms with Crippen molar-refractivity contribution in [2.45, 2.75) is 51.5 Å². The van der Waals surface area contributed by atoms with E-state index < -0.39 is 0 Å². The van der Waals surface area contributed by atoms with Crippen LogP contribution in [0.15, 0.2) is 24.5 Å². The van der Waals surface area contributed by atoms with E-state index in [0.717, 1.165) is 32.2 Å². The van der Waals surface area contributed by atoms with Crippen molar-refractivity contribution in [2.24, 2.45) is 0 Å². The van der Waals surface area contributed by atoms with Crippen LogP contribution in [-0.2, 0) is 4.79 Å². The molecule has 1 aliphatic rings. The van der Waals surface area contributed by atoms with Crippen molar-refractivity contribution in [3.05, 3.63) is 30.1 Å². The zero-order chi connectivity index (χ0) is 12.8. The van der Waals surface area contributed by atoms with Crippen LogP contribution in [0.25, 0.3) is 0 Å². The molecule has 3 nitrogen and oxygen atoms in total. The quantitative estimate of drug-likeness (QED) is 0.747. The number of unbranched alkanes of at least 4 members (excludes halogenated alkanes) is 2. The molecule has 0 unspecified atom stereocenters. The van der Waals surface area contributed by atoms with Crippen molar-refractivity contribution in [3.63, 3.8) is 0 Å². The van der Waals surface area contributed by atoms with Gasteiger partial charge in [0, 0.05) is 25.4 Å². The van der Waals surface area contributed by atoms with Crippen LogP contribution in [0.2, 0.25) is 0 Å². The van der Waals surface area contributed by atoms with E-state index in [1.165, 1.54) is 12.0 Å². The van der Waals surface area contributed by atoms with Gasteiger partial charge in [0.25, 0.3) is 0 Å². The standard InChI is InChI=1S/C15H22N2O/c1-2-3-4-9-15(18)17-11-6-8-14(17)13-7-5-10-16-12-13/h5,7,10,12,14H,2-4,6,8-9,11H2,1H3/t14-/m1/s1. The second-order valence-electron chi connectivity index (χ2n) is 4.99. The number of hydrogen-bond acceptors (Lipinski definition) is 2. The molecule has 1 saturated heterocycles. The van der Waals surface area contributed by atoms with Gasteiger partial charge in [0.2, 0.25) is 5.91 Å². The zero-order valence-corrected chi connectivity index (χ0v) is 11.1. The Morgan fingerprint density at radius 1 is 1.50 bits per heavy atom. The fraction of sp³-hybridized carbons (Fsp3) is 0.600. The van der Waals surface area contributed by atoms with Crippen molar-refractivity contribution < 1.29 is 4.79 Å². The van der Waals surface area contributed by atoms with E-state index >= 15 is 0 Å². The minimum atomic E-state index is 0.257. The van der Waals surface area contributed by atoms with E-state index in [4.69, 9.17) is 0 Å². The summed E-state index contributed by atoms with van der Waals surface area (Å²) in [6.45, 7) is 3.07. The minimum Gasteiger partial charge on any atom is -0.336 e. The lowest BCUT2D eigenvalue weighted by molar-refractivity contribution is -0.132. The molecule has 18 heavy (non-hydrogen) atoms. The van der Waals surface area contributed by atoms with Gasteiger partial charge in [-0.2, -0.15) is 0 Å². The number of carbonyl (C=O) groups is 1. The van der Waals surface area contributed by atoms with Crippen LogP contribution in [0.4, 0.5) is 0 Å². The van der Waals surface area contributed by atoms with Crippen molar-refractivity contribution in [1.29, 1.82) is 0 Å². The second-order valence-corrected chi connectivity index (χ2v) is 4.99. The summed E-state index contributed by atoms with van der Waals surface area (Å²) in [5.74, 6) is 0.315. The fourth-order valence-electron chi connectivity index (χ4n) is 2.65. The van der Waals surface area contributed by atoms with Gasteiger partial charge in [-0.05, 0) is 30.9 Å². The Morgan fingerprint density at radius 2 is 2.39 bits per heavy atom. The van der Waals surface area contributed by atoms with Crippen molar-refractivity contribution in [2.75, 3.05) is 6.54 Å². The second kappa shape index (κ2) is 6.53. The number of likely N-dealkylation sites (tertiary alicyclic amines) is 1. The van der Waals surface area contributed by atoms with Crippen molar-refractivity contribution in [1.82, 2.24) is 9.88 Å². The van der Waals surface area contributed by atoms with E-state index in [1.54, 1.807) is 6.20 Å². The van der Waals surface area contributed by atoms with Gasteiger partial charge in [-0.25, -0.2) is 0 Å². The maximum Gasteiger partial charge on any atom is 0.223 e. The maximum absolute atomic E-state index is 12.2. The molecule has 1 atom stereocenters. The zero-order valence-electron chi connectivity index (χ0n) is 11.1. The highest BCUT2D eigenvalue weighted by Crippen LogP contribution is 2.32. The molecule has 0 aromatic carbocycles. The van der Waals surface area contributed by atoms with Crippen molar-refractivity contribution >= 4 is 5.91 Å². The van der Waals surface area contributed by atoms with Gasteiger partial charge in [-0.3, -0.25) is 9.78 Å². The Labute approximate surface area is 109 Å². The fourth-order valence-corrected chi connectivity index (χ4v) is 2.65. The van der Waals surface area contributed by atoms with Gasteiger partial charge in [-0.1, -0.05) is 25.8 Å². The molecule has 0 spiro atoms. The Morgan fingerprint density at radius 3 is 3.11 bits per heavy atom. The molecule has 3 heteroatoms. The van der Waals surface area contributed by atoms with Crippen LogP contribution in [0.5, 0.6) is 0 Å². The molecule has 1 aromatic rings. The lowest BCUT2D eigenvalue weighted by Gasteiger charge is -2.25. The highest BCUT2D eigenvalue weighted by molar-refractivity contribution is 5.77. The van der Waals surface area contributed by atoms with Crippen molar-refractivity contribution in [3.8, 4) is 0 Å². The van der Waals surface area contributed by atoms with E-state index in [0.29, 0.717) is 12.3 Å². The monoisotopic (exact) mass is 246 g/mol. The Balaban J connectivity index is 1.97. The average Bonchev–Trinajstić information content (AvgIpc) is 2.89. The van der Waals surface area contributed by atoms with Gasteiger partial charge in [0.1, 0.15) is 0 Å². The average molecular weight is 246 g/mol. The molecule has 0 saturated carbocycles. The number of hydrogen-bond donors (Lipinski definition) is 0. The van der Waals surface area contributed by atoms with E-state index in [2.05, 4.69) is 18.0 Å². The summed E-state index contributed by atoms with van der Waals surface area (Å²) in [6, 6.07) is 4.29. The Kier molecular flexibility index (Phi) is 4.73. The van der Waals surface area contributed by atoms with Gasteiger partial charge >= 0.3 is 0 Å². The Hall–Kier alpha value is -1.38. The Bertz CT molecular complexity index is 377. The van der Waals surface area contributed by atoms with Crippen LogP contribution < -0.4 is 0 Å². The molecular weight excluding hydrogens is 224 g/mol. The summed E-state index contributed by atoms with van der Waals surface area (Å²) in [6.07, 6.45) is 9.89. The molecule has 98 valence electrons. The molecule has 1 aromatic heterocycles. The number of carbonyl (C=O) groups excluding carboxylic acids is 1. The van der Waals surface area contributed by atoms with E-state index in [1.807, 2.05) is 17.2 Å². The summed E-state index contributed by atoms with van der Waals surface area (Å²) >= 11 is 0. The lowest BCUT2D eigenvalue weighted by atomic mass is 10.1. The molecule has 1 aliphatic heterocycles. The number of nitrogens with zero attached hydrogens (tertiary/aromatic N) is 2. The van der Waals surface area contributed by atoms with Crippen LogP contribution in [0.1, 0.15) is 57.1 Å². The topological polar surface area (TPSA) is 33.2 Å². The first-order valence-electron chi connectivity index (χ1n) is 7.02. The molecule has 2 rings (SSSR count). The molecular formula is C15H22N2O. The van der Waals surface area contributed by atoms with E-state index in [9.17, 15) is 4.79 Å². The summed E-state index contributed by atoms with van der Waals surface area (Å²) in [5.41, 5.74) is 1.18. The first-order valence-corrected chi connectivity index (χ1v) is 7.02. The third-order valence-corrected chi connectivity index (χ3v) is 3.64. The van der Waals surface area contributed by atoms with Crippen LogP contribution in [0.3, 0.4) is 0 Å². The first-order chi connectivity index (χ1) is 8.83. The largest absolute Gasteiger partial charge is 0.336 e. The predicted octanol–water partition coefficient (Wildman–Crippen LogP) is 3.33. The van der Waals surface area contributed by atoms with Crippen LogP contribution in [-0.4, -0.2) is 22.3 Å². The third kappa shape index (κ3) is 3.09. The summed E-state index contributed by atoms with van der Waals surface area (Å²) in [7, 11) is 0. The molecule has 2 heterocycles. The first kappa shape index (κ1) is 13.1. The maximum atomic E-state index is 12.2. The highest BCUT2D eigenvalue weighted by Gasteiger charge is 2.29. The predicted molar refractivity (Wildman–Crippen MR) is 72.1 cm³/mol. The molecule has 0 radical (unpaired) electrons. The number of aromatic nitrogens is 1. The molecule has 1 amide bonds. The number of amides is 1. The van der Waals surface area contributed by atoms with Crippen LogP contribution in [0, 0.1) is 0 Å². The normalized spacial score (nSPS) is 19.2. The SMILES string of the molecule is CCCCCC(=O)N1CCC[C@@H]1c1cccnc1. The lowest BCUT2D eigenvalue weighted by Crippen LogP contribution is -2.30. The van der Waals surface area contributed by atoms with Gasteiger partial charge in [0.15, 0.2) is 0 Å². The number of pyridine rings is 1. The van der Waals surface area contributed by atoms with Gasteiger partial charge in [-0.15, -0.1) is 0 Å².